The van der Waals surface area contributed by atoms with Gasteiger partial charge >= 0.3 is 18.0 Å². The van der Waals surface area contributed by atoms with Crippen molar-refractivity contribution < 1.29 is 47.7 Å². The van der Waals surface area contributed by atoms with Gasteiger partial charge in [-0.15, -0.1) is 0 Å². The molecule has 15 heteroatoms. The van der Waals surface area contributed by atoms with E-state index in [0.29, 0.717) is 34.3 Å². The molecule has 3 N–H and O–H groups in total. The number of benzene rings is 3. The second kappa shape index (κ2) is 23.3. The van der Waals surface area contributed by atoms with Gasteiger partial charge in [-0.3, -0.25) is 9.59 Å². The first-order valence-corrected chi connectivity index (χ1v) is 19.7. The molecule has 2 atom stereocenters. The summed E-state index contributed by atoms with van der Waals surface area (Å²) in [6.45, 7) is 10.5. The molecule has 0 aliphatic heterocycles. The Hall–Kier alpha value is -5.01. The van der Waals surface area contributed by atoms with E-state index < -0.39 is 53.6 Å². The Balaban J connectivity index is 1.80. The fourth-order valence-electron chi connectivity index (χ4n) is 5.31. The van der Waals surface area contributed by atoms with Gasteiger partial charge in [0.15, 0.2) is 0 Å². The summed E-state index contributed by atoms with van der Waals surface area (Å²) in [6, 6.07) is 16.4. The lowest BCUT2D eigenvalue weighted by Gasteiger charge is -2.25. The largest absolute Gasteiger partial charge is 0.491 e. The maximum Gasteiger partial charge on any atom is 0.408 e. The second-order valence-corrected chi connectivity index (χ2v) is 14.8. The molecule has 57 heavy (non-hydrogen) atoms. The fraction of sp³-hybridized carbons (Fsp3) is 0.452. The number of halogens is 2. The summed E-state index contributed by atoms with van der Waals surface area (Å²) in [4.78, 5) is 65.1. The zero-order valence-corrected chi connectivity index (χ0v) is 34.8. The van der Waals surface area contributed by atoms with Gasteiger partial charge in [0.25, 0.3) is 6.10 Å². The first kappa shape index (κ1) is 46.4. The van der Waals surface area contributed by atoms with Gasteiger partial charge in [-0.25, -0.2) is 14.4 Å². The lowest BCUT2D eigenvalue weighted by atomic mass is 10.0. The molecule has 0 radical (unpaired) electrons. The molecule has 0 fully saturated rings. The molecule has 0 aliphatic carbocycles. The Morgan fingerprint density at radius 2 is 1.33 bits per heavy atom. The highest BCUT2D eigenvalue weighted by atomic mass is 35.5. The number of hydrogen-bond donors (Lipinski definition) is 3. The number of unbranched alkanes of at least 4 members (excludes halogenated alkanes) is 2. The third kappa shape index (κ3) is 16.6. The number of alkyl carbamates (subject to hydrolysis) is 1. The van der Waals surface area contributed by atoms with Crippen LogP contribution < -0.4 is 25.4 Å². The van der Waals surface area contributed by atoms with E-state index >= 15 is 0 Å². The normalized spacial score (nSPS) is 12.2. The van der Waals surface area contributed by atoms with Crippen LogP contribution in [0.1, 0.15) is 77.5 Å². The number of amides is 3. The van der Waals surface area contributed by atoms with E-state index in [1.807, 2.05) is 19.1 Å². The van der Waals surface area contributed by atoms with Crippen molar-refractivity contribution in [2.24, 2.45) is 0 Å². The van der Waals surface area contributed by atoms with E-state index in [9.17, 15) is 24.0 Å². The minimum Gasteiger partial charge on any atom is -0.491 e. The molecule has 13 nitrogen and oxygen atoms in total. The van der Waals surface area contributed by atoms with Crippen molar-refractivity contribution in [1.82, 2.24) is 16.0 Å². The topological polar surface area (TPSA) is 168 Å². The van der Waals surface area contributed by atoms with Crippen LogP contribution in [-0.2, 0) is 46.2 Å². The first-order valence-electron chi connectivity index (χ1n) is 18.9. The lowest BCUT2D eigenvalue weighted by Crippen LogP contribution is -2.56. The van der Waals surface area contributed by atoms with Crippen molar-refractivity contribution in [2.75, 3.05) is 26.4 Å². The molecular formula is C42H53Cl2N3O10. The van der Waals surface area contributed by atoms with Crippen LogP contribution in [0.2, 0.25) is 10.0 Å². The summed E-state index contributed by atoms with van der Waals surface area (Å²) in [5, 5.41) is 9.42. The van der Waals surface area contributed by atoms with Crippen molar-refractivity contribution in [3.05, 3.63) is 93.5 Å². The number of ether oxygens (including phenoxy) is 5. The van der Waals surface area contributed by atoms with Gasteiger partial charge in [-0.1, -0.05) is 67.2 Å². The van der Waals surface area contributed by atoms with Crippen LogP contribution in [0.15, 0.2) is 66.7 Å². The molecule has 3 aromatic carbocycles. The second-order valence-electron chi connectivity index (χ2n) is 14.0. The van der Waals surface area contributed by atoms with Crippen molar-refractivity contribution in [2.45, 2.75) is 97.4 Å². The highest BCUT2D eigenvalue weighted by Crippen LogP contribution is 2.24. The molecule has 310 valence electrons. The van der Waals surface area contributed by atoms with Crippen molar-refractivity contribution in [1.29, 1.82) is 0 Å². The molecule has 0 spiro atoms. The number of rotatable bonds is 21. The van der Waals surface area contributed by atoms with Crippen molar-refractivity contribution in [3.8, 4) is 11.5 Å². The van der Waals surface area contributed by atoms with E-state index in [0.717, 1.165) is 30.4 Å². The summed E-state index contributed by atoms with van der Waals surface area (Å²) in [7, 11) is 0. The fourth-order valence-corrected chi connectivity index (χ4v) is 5.69. The third-order valence-corrected chi connectivity index (χ3v) is 8.68. The number of hydrogen-bond acceptors (Lipinski definition) is 10. The van der Waals surface area contributed by atoms with Crippen LogP contribution in [0.25, 0.3) is 0 Å². The maximum atomic E-state index is 13.9. The highest BCUT2D eigenvalue weighted by Gasteiger charge is 2.32. The van der Waals surface area contributed by atoms with Gasteiger partial charge in [0.1, 0.15) is 35.8 Å². The smallest absolute Gasteiger partial charge is 0.408 e. The van der Waals surface area contributed by atoms with Crippen LogP contribution in [0.5, 0.6) is 11.5 Å². The average Bonchev–Trinajstić information content (AvgIpc) is 3.15. The van der Waals surface area contributed by atoms with E-state index in [1.165, 1.54) is 12.1 Å². The minimum atomic E-state index is -1.63. The Kier molecular flexibility index (Phi) is 18.9. The van der Waals surface area contributed by atoms with Crippen molar-refractivity contribution in [3.63, 3.8) is 0 Å². The predicted molar refractivity (Wildman–Crippen MR) is 217 cm³/mol. The van der Waals surface area contributed by atoms with Crippen LogP contribution in [0.3, 0.4) is 0 Å². The van der Waals surface area contributed by atoms with Gasteiger partial charge in [0, 0.05) is 23.0 Å². The molecule has 3 rings (SSSR count). The third-order valence-electron chi connectivity index (χ3n) is 8.08. The molecule has 0 aliphatic rings. The monoisotopic (exact) mass is 829 g/mol. The van der Waals surface area contributed by atoms with Crippen LogP contribution >= 0.6 is 23.2 Å². The van der Waals surface area contributed by atoms with Crippen LogP contribution in [0, 0.1) is 0 Å². The van der Waals surface area contributed by atoms with Crippen LogP contribution in [-0.4, -0.2) is 80.0 Å². The van der Waals surface area contributed by atoms with Gasteiger partial charge in [-0.2, -0.15) is 0 Å². The summed E-state index contributed by atoms with van der Waals surface area (Å²) in [6.07, 6.45) is 0.714. The standard InChI is InChI=1S/C42H53Cl2N3O10/c1-7-10-11-22-45-37(48)34(24-28-14-19-32(20-15-28)56-36(39(50)53-8-2)40(51)54-9-3)46-38(49)35(47-41(52)57-42(4,5)6)26-55-31-17-12-27(13-18-31)23-29-25-30(43)16-21-33(29)44/h12-21,25,34-36H,7-11,22-24,26H2,1-6H3,(H,45,48)(H,46,49)(H,47,52)/t34-,35-/m0/s1. The van der Waals surface area contributed by atoms with E-state index in [1.54, 1.807) is 77.1 Å². The molecule has 0 saturated carbocycles. The summed E-state index contributed by atoms with van der Waals surface area (Å²) in [5.74, 6) is -2.30. The lowest BCUT2D eigenvalue weighted by molar-refractivity contribution is -0.166. The number of esters is 2. The van der Waals surface area contributed by atoms with E-state index in [-0.39, 0.29) is 32.0 Å². The summed E-state index contributed by atoms with van der Waals surface area (Å²) >= 11 is 12.5. The SMILES string of the molecule is CCCCCNC(=O)[C@H](Cc1ccc(OC(C(=O)OCC)C(=O)OCC)cc1)NC(=O)[C@H](COc1ccc(Cc2cc(Cl)ccc2Cl)cc1)NC(=O)OC(C)(C)C. The number of carbonyl (C=O) groups is 5. The van der Waals surface area contributed by atoms with Gasteiger partial charge in [-0.05, 0) is 107 Å². The molecule has 0 aromatic heterocycles. The predicted octanol–water partition coefficient (Wildman–Crippen LogP) is 6.76. The molecule has 0 saturated heterocycles. The Morgan fingerprint density at radius 3 is 1.93 bits per heavy atom. The first-order chi connectivity index (χ1) is 27.1. The molecule has 0 bridgehead atoms. The highest BCUT2D eigenvalue weighted by molar-refractivity contribution is 6.33. The van der Waals surface area contributed by atoms with Gasteiger partial charge in [0.05, 0.1) is 13.2 Å². The Morgan fingerprint density at radius 1 is 0.719 bits per heavy atom. The molecular weight excluding hydrogens is 777 g/mol. The number of nitrogens with one attached hydrogen (secondary N) is 3. The average molecular weight is 831 g/mol. The zero-order chi connectivity index (χ0) is 42.0. The quantitative estimate of drug-likeness (QED) is 0.0452. The summed E-state index contributed by atoms with van der Waals surface area (Å²) < 4.78 is 27.0. The van der Waals surface area contributed by atoms with Crippen molar-refractivity contribution >= 4 is 53.0 Å². The van der Waals surface area contributed by atoms with Gasteiger partial charge in [0.2, 0.25) is 11.8 Å². The van der Waals surface area contributed by atoms with Gasteiger partial charge < -0.3 is 39.6 Å². The number of carbonyl (C=O) groups excluding carboxylic acids is 5. The molecule has 0 unspecified atom stereocenters. The Labute approximate surface area is 344 Å². The summed E-state index contributed by atoms with van der Waals surface area (Å²) in [5.41, 5.74) is 1.57. The molecule has 0 heterocycles. The molecule has 3 amide bonds. The minimum absolute atomic E-state index is 0.0413. The molecule has 3 aromatic rings. The van der Waals surface area contributed by atoms with Crippen LogP contribution in [0.4, 0.5) is 4.79 Å². The maximum absolute atomic E-state index is 13.9. The Bertz CT molecular complexity index is 1760. The van der Waals surface area contributed by atoms with E-state index in [4.69, 9.17) is 46.9 Å². The zero-order valence-electron chi connectivity index (χ0n) is 33.3. The van der Waals surface area contributed by atoms with E-state index in [2.05, 4.69) is 16.0 Å².